The van der Waals surface area contributed by atoms with E-state index in [9.17, 15) is 40.5 Å². The van der Waals surface area contributed by atoms with Crippen LogP contribution in [0, 0.1) is 0 Å². The van der Waals surface area contributed by atoms with Crippen molar-refractivity contribution in [2.24, 2.45) is 0 Å². The summed E-state index contributed by atoms with van der Waals surface area (Å²) in [6.07, 6.45) is 38.5. The van der Waals surface area contributed by atoms with Crippen molar-refractivity contribution in [1.29, 1.82) is 0 Å². The van der Waals surface area contributed by atoms with E-state index >= 15 is 0 Å². The third kappa shape index (κ3) is 31.5. The Balaban J connectivity index is 1.71. The standard InChI is InChI=1S/C58H102O14/c1-3-5-7-9-11-13-15-17-19-20-21-22-23-24-25-26-27-28-30-32-34-36-38-40-42-67-44-47(70-50(60)41-39-37-35-33-31-29-18-16-14-12-10-8-6-4-2)45-68-57-56(66)54(64)52(62)49(72-57)46-69-58-55(65)53(63)51(61)48(43-59)71-58/h5,7,11,13,17,19,21-22,24-25,47-49,51-59,61-66H,3-4,6,8-10,12,14-16,18,20,23,26-46H2,1-2H3/b7-5-,13-11-,19-17-,22-21-,25-24-. The minimum Gasteiger partial charge on any atom is -0.457 e. The summed E-state index contributed by atoms with van der Waals surface area (Å²) in [5.41, 5.74) is 0. The predicted molar refractivity (Wildman–Crippen MR) is 284 cm³/mol. The second-order valence-corrected chi connectivity index (χ2v) is 19.7. The van der Waals surface area contributed by atoms with Gasteiger partial charge in [0.1, 0.15) is 54.9 Å². The molecule has 2 heterocycles. The fraction of sp³-hybridized carbons (Fsp3) is 0.810. The second-order valence-electron chi connectivity index (χ2n) is 19.7. The highest BCUT2D eigenvalue weighted by Gasteiger charge is 2.47. The highest BCUT2D eigenvalue weighted by molar-refractivity contribution is 5.69. The number of aliphatic hydroxyl groups is 7. The zero-order valence-electron chi connectivity index (χ0n) is 44.7. The van der Waals surface area contributed by atoms with E-state index in [0.29, 0.717) is 13.0 Å². The quantitative estimate of drug-likeness (QED) is 0.0172. The molecule has 0 spiro atoms. The van der Waals surface area contributed by atoms with Crippen LogP contribution >= 0.6 is 0 Å². The number of rotatable bonds is 45. The van der Waals surface area contributed by atoms with E-state index in [1.165, 1.54) is 96.3 Å². The van der Waals surface area contributed by atoms with Crippen molar-refractivity contribution in [1.82, 2.24) is 0 Å². The van der Waals surface area contributed by atoms with Gasteiger partial charge in [-0.25, -0.2) is 0 Å². The lowest BCUT2D eigenvalue weighted by Crippen LogP contribution is -2.61. The number of allylic oxidation sites excluding steroid dienone is 10. The van der Waals surface area contributed by atoms with E-state index in [0.717, 1.165) is 77.0 Å². The average Bonchev–Trinajstić information content (AvgIpc) is 3.38. The summed E-state index contributed by atoms with van der Waals surface area (Å²) in [5, 5.41) is 72.3. The van der Waals surface area contributed by atoms with Crippen LogP contribution in [-0.4, -0.2) is 142 Å². The Labute approximate surface area is 434 Å². The summed E-state index contributed by atoms with van der Waals surface area (Å²) in [6.45, 7) is 3.56. The molecule has 72 heavy (non-hydrogen) atoms. The van der Waals surface area contributed by atoms with E-state index in [2.05, 4.69) is 74.6 Å². The molecule has 0 aliphatic carbocycles. The van der Waals surface area contributed by atoms with Crippen LogP contribution in [-0.2, 0) is 33.2 Å². The molecule has 14 heteroatoms. The number of ether oxygens (including phenoxy) is 6. The summed E-state index contributed by atoms with van der Waals surface area (Å²) in [4.78, 5) is 13.0. The van der Waals surface area contributed by atoms with Crippen LogP contribution in [0.1, 0.15) is 200 Å². The Morgan fingerprint density at radius 1 is 0.472 bits per heavy atom. The van der Waals surface area contributed by atoms with Crippen molar-refractivity contribution < 1.29 is 69.0 Å². The fourth-order valence-electron chi connectivity index (χ4n) is 8.72. The highest BCUT2D eigenvalue weighted by Crippen LogP contribution is 2.26. The largest absolute Gasteiger partial charge is 0.457 e. The maximum absolute atomic E-state index is 13.0. The smallest absolute Gasteiger partial charge is 0.306 e. The van der Waals surface area contributed by atoms with Crippen molar-refractivity contribution in [3.05, 3.63) is 60.8 Å². The molecule has 0 bridgehead atoms. The van der Waals surface area contributed by atoms with Gasteiger partial charge in [0, 0.05) is 13.0 Å². The SMILES string of the molecule is CC/C=C\C/C=C\C/C=C\C/C=C\C/C=C\CCCCCCCCCCOCC(COC1OC(COC2OC(CO)C(O)C(O)C2O)C(O)C(O)C1O)OC(=O)CCCCCCCCCCCCCCCC. The molecule has 2 aliphatic heterocycles. The van der Waals surface area contributed by atoms with Crippen molar-refractivity contribution >= 4 is 5.97 Å². The second kappa shape index (κ2) is 44.9. The van der Waals surface area contributed by atoms with E-state index in [4.69, 9.17) is 28.4 Å². The number of aliphatic hydroxyl groups excluding tert-OH is 7. The first-order valence-electron chi connectivity index (χ1n) is 28.4. The monoisotopic (exact) mass is 1020 g/mol. The maximum atomic E-state index is 13.0. The summed E-state index contributed by atoms with van der Waals surface area (Å²) >= 11 is 0. The number of carbonyl (C=O) groups excluding carboxylic acids is 1. The molecule has 418 valence electrons. The Hall–Kier alpha value is -2.31. The highest BCUT2D eigenvalue weighted by atomic mass is 16.7. The van der Waals surface area contributed by atoms with Crippen molar-refractivity contribution in [3.8, 4) is 0 Å². The van der Waals surface area contributed by atoms with Gasteiger partial charge in [0.25, 0.3) is 0 Å². The Morgan fingerprint density at radius 3 is 1.42 bits per heavy atom. The molecule has 0 saturated carbocycles. The third-order valence-corrected chi connectivity index (χ3v) is 13.3. The molecule has 2 fully saturated rings. The molecule has 0 aromatic heterocycles. The fourth-order valence-corrected chi connectivity index (χ4v) is 8.72. The lowest BCUT2D eigenvalue weighted by Gasteiger charge is -2.42. The van der Waals surface area contributed by atoms with Crippen LogP contribution in [0.2, 0.25) is 0 Å². The van der Waals surface area contributed by atoms with E-state index < -0.39 is 80.7 Å². The van der Waals surface area contributed by atoms with Gasteiger partial charge in [-0.15, -0.1) is 0 Å². The number of hydrogen-bond acceptors (Lipinski definition) is 14. The third-order valence-electron chi connectivity index (χ3n) is 13.3. The van der Waals surface area contributed by atoms with Crippen LogP contribution in [0.15, 0.2) is 60.8 Å². The molecule has 11 unspecified atom stereocenters. The van der Waals surface area contributed by atoms with Crippen LogP contribution in [0.25, 0.3) is 0 Å². The van der Waals surface area contributed by atoms with Crippen molar-refractivity contribution in [2.75, 3.05) is 33.0 Å². The molecule has 0 aromatic rings. The minimum atomic E-state index is -1.71. The van der Waals surface area contributed by atoms with Crippen molar-refractivity contribution in [3.63, 3.8) is 0 Å². The van der Waals surface area contributed by atoms with Gasteiger partial charge < -0.3 is 64.2 Å². The molecular weight excluding hydrogens is 921 g/mol. The number of unbranched alkanes of at least 4 members (excludes halogenated alkanes) is 21. The summed E-state index contributed by atoms with van der Waals surface area (Å²) < 4.78 is 34.4. The molecular formula is C58H102O14. The topological polar surface area (TPSA) is 214 Å². The molecule has 0 aromatic carbocycles. The van der Waals surface area contributed by atoms with Crippen LogP contribution < -0.4 is 0 Å². The van der Waals surface area contributed by atoms with Gasteiger partial charge in [-0.2, -0.15) is 0 Å². The van der Waals surface area contributed by atoms with Gasteiger partial charge in [-0.05, 0) is 57.8 Å². The van der Waals surface area contributed by atoms with E-state index in [-0.39, 0.29) is 25.6 Å². The van der Waals surface area contributed by atoms with Gasteiger partial charge in [-0.1, -0.05) is 197 Å². The molecule has 0 radical (unpaired) electrons. The molecule has 2 rings (SSSR count). The van der Waals surface area contributed by atoms with Crippen LogP contribution in [0.5, 0.6) is 0 Å². The Morgan fingerprint density at radius 2 is 0.903 bits per heavy atom. The van der Waals surface area contributed by atoms with Gasteiger partial charge in [0.2, 0.25) is 0 Å². The predicted octanol–water partition coefficient (Wildman–Crippen LogP) is 9.69. The molecule has 0 amide bonds. The number of esters is 1. The van der Waals surface area contributed by atoms with Crippen LogP contribution in [0.3, 0.4) is 0 Å². The zero-order valence-corrected chi connectivity index (χ0v) is 44.7. The van der Waals surface area contributed by atoms with Crippen molar-refractivity contribution in [2.45, 2.75) is 268 Å². The van der Waals surface area contributed by atoms with Gasteiger partial charge in [0.15, 0.2) is 12.6 Å². The number of carbonyl (C=O) groups is 1. The first kappa shape index (κ1) is 65.8. The summed E-state index contributed by atoms with van der Waals surface area (Å²) in [5.74, 6) is -0.379. The molecule has 2 aliphatic rings. The molecule has 11 atom stereocenters. The summed E-state index contributed by atoms with van der Waals surface area (Å²) in [6, 6.07) is 0. The Bertz CT molecular complexity index is 1420. The van der Waals surface area contributed by atoms with Crippen LogP contribution in [0.4, 0.5) is 0 Å². The first-order valence-corrected chi connectivity index (χ1v) is 28.4. The molecule has 14 nitrogen and oxygen atoms in total. The zero-order chi connectivity index (χ0) is 52.3. The normalized spacial score (nSPS) is 25.6. The van der Waals surface area contributed by atoms with E-state index in [1.807, 2.05) is 0 Å². The minimum absolute atomic E-state index is 0.0556. The summed E-state index contributed by atoms with van der Waals surface area (Å²) in [7, 11) is 0. The molecule has 7 N–H and O–H groups in total. The first-order chi connectivity index (χ1) is 35.1. The lowest BCUT2D eigenvalue weighted by molar-refractivity contribution is -0.332. The maximum Gasteiger partial charge on any atom is 0.306 e. The van der Waals surface area contributed by atoms with Gasteiger partial charge >= 0.3 is 5.97 Å². The van der Waals surface area contributed by atoms with Gasteiger partial charge in [-0.3, -0.25) is 4.79 Å². The lowest BCUT2D eigenvalue weighted by atomic mass is 9.98. The van der Waals surface area contributed by atoms with E-state index in [1.54, 1.807) is 0 Å². The Kier molecular flexibility index (Phi) is 41.1. The average molecular weight is 1020 g/mol. The van der Waals surface area contributed by atoms with Gasteiger partial charge in [0.05, 0.1) is 26.4 Å². The molecule has 2 saturated heterocycles. The number of hydrogen-bond donors (Lipinski definition) is 7.